The molecule has 2 aliphatic heterocycles. The summed E-state index contributed by atoms with van der Waals surface area (Å²) in [7, 11) is 1.55. The number of carbonyl (C=O) groups is 4. The van der Waals surface area contributed by atoms with Crippen molar-refractivity contribution in [1.29, 1.82) is 0 Å². The number of aromatic hydroxyl groups is 2. The van der Waals surface area contributed by atoms with Crippen LogP contribution in [0.5, 0.6) is 28.7 Å². The van der Waals surface area contributed by atoms with Gasteiger partial charge in [0.05, 0.1) is 41.2 Å². The maximum atomic E-state index is 13.5. The van der Waals surface area contributed by atoms with Gasteiger partial charge in [0.2, 0.25) is 11.7 Å². The normalized spacial score (nSPS) is 13.5. The van der Waals surface area contributed by atoms with Crippen molar-refractivity contribution in [1.82, 2.24) is 34.5 Å². The number of cyclic esters (lactones) is 1. The van der Waals surface area contributed by atoms with E-state index in [2.05, 4.69) is 20.8 Å². The number of hydrogen-bond donors (Lipinski definition) is 5. The number of ether oxygens (including phenoxy) is 4. The highest BCUT2D eigenvalue weighted by molar-refractivity contribution is 5.93. The lowest BCUT2D eigenvalue weighted by Crippen LogP contribution is -2.33. The fourth-order valence-corrected chi connectivity index (χ4v) is 8.72. The topological polar surface area (TPSA) is 259 Å². The van der Waals surface area contributed by atoms with E-state index in [1.165, 1.54) is 15.5 Å². The zero-order valence-electron chi connectivity index (χ0n) is 39.9. The molecule has 20 nitrogen and oxygen atoms in total. The predicted octanol–water partition coefficient (Wildman–Crippen LogP) is 6.49. The van der Waals surface area contributed by atoms with Crippen molar-refractivity contribution in [3.8, 4) is 57.2 Å². The summed E-state index contributed by atoms with van der Waals surface area (Å²) in [6, 6.07) is 23.1. The maximum Gasteiger partial charge on any atom is 0.415 e. The molecule has 0 bridgehead atoms. The number of benzene rings is 4. The molecule has 370 valence electrons. The van der Waals surface area contributed by atoms with E-state index >= 15 is 0 Å². The Morgan fingerprint density at radius 1 is 0.903 bits per heavy atom. The van der Waals surface area contributed by atoms with E-state index in [9.17, 15) is 39.3 Å². The fraction of sp³-hybridized carbons (Fsp3) is 0.269. The summed E-state index contributed by atoms with van der Waals surface area (Å²) in [6.07, 6.45) is -1.61. The molecule has 0 spiro atoms. The van der Waals surface area contributed by atoms with Gasteiger partial charge in [-0.3, -0.25) is 19.0 Å². The molecule has 7 aromatic rings. The minimum Gasteiger partial charge on any atom is -0.508 e. The van der Waals surface area contributed by atoms with E-state index in [4.69, 9.17) is 23.9 Å². The number of fused-ring (bicyclic) bond motifs is 5. The molecule has 0 fully saturated rings. The number of nitrogens with zero attached hydrogens (tertiary/aromatic N) is 6. The third-order valence-electron chi connectivity index (χ3n) is 12.4. The molecule has 1 atom stereocenters. The molecule has 0 aliphatic carbocycles. The first-order valence-electron chi connectivity index (χ1n) is 23.2. The lowest BCUT2D eigenvalue weighted by atomic mass is 9.97. The Morgan fingerprint density at radius 3 is 2.33 bits per heavy atom. The molecule has 9 rings (SSSR count). The van der Waals surface area contributed by atoms with Crippen LogP contribution in [-0.4, -0.2) is 102 Å². The Morgan fingerprint density at radius 2 is 1.62 bits per heavy atom. The summed E-state index contributed by atoms with van der Waals surface area (Å²) in [6.45, 7) is 7.86. The van der Waals surface area contributed by atoms with E-state index in [1.54, 1.807) is 97.4 Å². The summed E-state index contributed by atoms with van der Waals surface area (Å²) in [4.78, 5) is 70.6. The van der Waals surface area contributed by atoms with Crippen molar-refractivity contribution in [2.45, 2.75) is 59.3 Å². The number of amides is 3. The van der Waals surface area contributed by atoms with Gasteiger partial charge in [0.25, 0.3) is 11.5 Å². The van der Waals surface area contributed by atoms with Crippen molar-refractivity contribution < 1.29 is 53.4 Å². The van der Waals surface area contributed by atoms with Gasteiger partial charge in [-0.05, 0) is 109 Å². The molecule has 0 radical (unpaired) electrons. The highest BCUT2D eigenvalue weighted by Gasteiger charge is 2.35. The first kappa shape index (κ1) is 48.4. The lowest BCUT2D eigenvalue weighted by molar-refractivity contribution is -0.157. The van der Waals surface area contributed by atoms with Gasteiger partial charge in [-0.15, -0.1) is 10.2 Å². The van der Waals surface area contributed by atoms with E-state index in [0.29, 0.717) is 58.3 Å². The van der Waals surface area contributed by atoms with Crippen LogP contribution >= 0.6 is 0 Å². The van der Waals surface area contributed by atoms with E-state index in [-0.39, 0.29) is 90.0 Å². The monoisotopic (exact) mass is 978 g/mol. The number of phenolic OH excluding ortho intramolecular Hbond substituents is 2. The number of hydrogen-bond acceptors (Lipinski definition) is 15. The number of aryl methyl sites for hydroxylation is 1. The minimum atomic E-state index is -1.55. The minimum absolute atomic E-state index is 0.00253. The summed E-state index contributed by atoms with van der Waals surface area (Å²) >= 11 is 0. The average molecular weight is 979 g/mol. The Bertz CT molecular complexity index is 3350. The van der Waals surface area contributed by atoms with Crippen LogP contribution < -0.4 is 25.7 Å². The van der Waals surface area contributed by atoms with Crippen molar-refractivity contribution >= 4 is 40.5 Å². The van der Waals surface area contributed by atoms with Gasteiger partial charge in [0.15, 0.2) is 11.9 Å². The molecule has 0 saturated carbocycles. The second-order valence-corrected chi connectivity index (χ2v) is 17.5. The molecule has 1 unspecified atom stereocenters. The summed E-state index contributed by atoms with van der Waals surface area (Å²) in [5.74, 6) is -0.614. The third-order valence-corrected chi connectivity index (χ3v) is 12.4. The number of aromatic nitrogens is 5. The van der Waals surface area contributed by atoms with Gasteiger partial charge < -0.3 is 54.4 Å². The molecule has 0 saturated heterocycles. The zero-order valence-corrected chi connectivity index (χ0v) is 39.9. The smallest absolute Gasteiger partial charge is 0.415 e. The third kappa shape index (κ3) is 9.39. The molecule has 2 aliphatic rings. The van der Waals surface area contributed by atoms with E-state index in [1.807, 2.05) is 20.8 Å². The largest absolute Gasteiger partial charge is 0.508 e. The standard InChI is InChI=1S/C52H50N8O12/c1-6-33-35-20-32(16-17-40(35)55-45-38(33)24-59-41(45)22-36-39(50(59)66)25-70-51(67)46(36)64)72-52(68)58(5)18-19-69-26-44(63)54-28-8-12-30(13-9-28)71-31-14-10-29(11-15-31)60-47(56-57-48(60)49(65)53-7-2)37-21-34(27(3)4)42(61)23-43(37)62/h8-17,20-23,27,46,61-62,64H,6-7,18-19,24-26H2,1-5H3,(H,53,65)(H,54,63). The van der Waals surface area contributed by atoms with Crippen molar-refractivity contribution in [3.05, 3.63) is 129 Å². The first-order valence-corrected chi connectivity index (χ1v) is 23.2. The number of pyridine rings is 2. The van der Waals surface area contributed by atoms with Gasteiger partial charge in [0, 0.05) is 54.1 Å². The molecular formula is C52H50N8O12. The number of carbonyl (C=O) groups excluding carboxylic acids is 4. The van der Waals surface area contributed by atoms with Crippen molar-refractivity contribution in [2.24, 2.45) is 0 Å². The quantitative estimate of drug-likeness (QED) is 0.0544. The van der Waals surface area contributed by atoms with Crippen molar-refractivity contribution in [2.75, 3.05) is 38.7 Å². The average Bonchev–Trinajstić information content (AvgIpc) is 3.97. The lowest BCUT2D eigenvalue weighted by Gasteiger charge is -2.21. The zero-order chi connectivity index (χ0) is 51.0. The number of rotatable bonds is 15. The van der Waals surface area contributed by atoms with Crippen molar-refractivity contribution in [3.63, 3.8) is 0 Å². The fourth-order valence-electron chi connectivity index (χ4n) is 8.72. The number of esters is 1. The van der Waals surface area contributed by atoms with Crippen LogP contribution in [0.1, 0.15) is 78.2 Å². The number of aliphatic hydroxyl groups is 1. The number of nitrogens with one attached hydrogen (secondary N) is 2. The molecule has 3 aromatic heterocycles. The van der Waals surface area contributed by atoms with Gasteiger partial charge in [-0.1, -0.05) is 20.8 Å². The Kier molecular flexibility index (Phi) is 13.5. The van der Waals surface area contributed by atoms with Crippen LogP contribution in [0, 0.1) is 0 Å². The van der Waals surface area contributed by atoms with Gasteiger partial charge in [-0.2, -0.15) is 0 Å². The Hall–Kier alpha value is -8.62. The molecule has 5 N–H and O–H groups in total. The van der Waals surface area contributed by atoms with Gasteiger partial charge >= 0.3 is 12.1 Å². The number of aliphatic hydroxyl groups excluding tert-OH is 1. The second-order valence-electron chi connectivity index (χ2n) is 17.5. The summed E-state index contributed by atoms with van der Waals surface area (Å²) < 4.78 is 25.4. The van der Waals surface area contributed by atoms with E-state index in [0.717, 1.165) is 16.5 Å². The number of anilines is 1. The first-order chi connectivity index (χ1) is 34.6. The van der Waals surface area contributed by atoms with Crippen LogP contribution in [0.2, 0.25) is 0 Å². The van der Waals surface area contributed by atoms with Crippen LogP contribution in [0.25, 0.3) is 39.4 Å². The SMILES string of the molecule is CCNC(=O)c1nnc(-c2cc(C(C)C)c(O)cc2O)n1-c1ccc(Oc2ccc(NC(=O)COCCN(C)C(=O)Oc3ccc4nc5c(c(CC)c4c3)Cn3c-5cc4c(c3=O)COC(=O)C4O)cc2)cc1. The molecular weight excluding hydrogens is 929 g/mol. The summed E-state index contributed by atoms with van der Waals surface area (Å²) in [5, 5.41) is 46.4. The maximum absolute atomic E-state index is 13.5. The van der Waals surface area contributed by atoms with E-state index < -0.39 is 30.0 Å². The number of phenols is 2. The highest BCUT2D eigenvalue weighted by Crippen LogP contribution is 2.40. The van der Waals surface area contributed by atoms with Crippen LogP contribution in [0.4, 0.5) is 10.5 Å². The van der Waals surface area contributed by atoms with Crippen LogP contribution in [-0.2, 0) is 38.6 Å². The molecule has 3 amide bonds. The molecule has 5 heterocycles. The Balaban J connectivity index is 0.769. The number of likely N-dealkylation sites (N-methyl/N-ethyl adjacent to an activating group) is 1. The Labute approximate surface area is 411 Å². The molecule has 20 heteroatoms. The predicted molar refractivity (Wildman–Crippen MR) is 262 cm³/mol. The summed E-state index contributed by atoms with van der Waals surface area (Å²) in [5.41, 5.74) is 5.43. The highest BCUT2D eigenvalue weighted by atomic mass is 16.6. The molecule has 4 aromatic carbocycles. The van der Waals surface area contributed by atoms with Crippen LogP contribution in [0.3, 0.4) is 0 Å². The van der Waals surface area contributed by atoms with Gasteiger partial charge in [-0.25, -0.2) is 14.6 Å². The molecule has 72 heavy (non-hydrogen) atoms. The van der Waals surface area contributed by atoms with Gasteiger partial charge in [0.1, 0.15) is 42.0 Å². The van der Waals surface area contributed by atoms with Crippen LogP contribution in [0.15, 0.2) is 89.7 Å². The second kappa shape index (κ2) is 20.0.